The van der Waals surface area contributed by atoms with Crippen LogP contribution in [0.2, 0.25) is 5.02 Å². The third kappa shape index (κ3) is 3.40. The molecule has 4 rings (SSSR count). The zero-order valence-corrected chi connectivity index (χ0v) is 17.0. The van der Waals surface area contributed by atoms with E-state index in [1.165, 1.54) is 22.3 Å². The highest BCUT2D eigenvalue weighted by atomic mass is 35.5. The van der Waals surface area contributed by atoms with E-state index in [2.05, 4.69) is 37.8 Å². The lowest BCUT2D eigenvalue weighted by atomic mass is 9.92. The van der Waals surface area contributed by atoms with E-state index in [0.717, 1.165) is 41.2 Å². The number of hydrogen-bond acceptors (Lipinski definition) is 4. The van der Waals surface area contributed by atoms with Crippen LogP contribution < -0.4 is 4.90 Å². The van der Waals surface area contributed by atoms with Gasteiger partial charge in [0.15, 0.2) is 0 Å². The molecule has 140 valence electrons. The average Bonchev–Trinajstić information content (AvgIpc) is 2.61. The maximum atomic E-state index is 6.56. The Morgan fingerprint density at radius 2 is 1.59 bits per heavy atom. The van der Waals surface area contributed by atoms with Crippen LogP contribution in [0.4, 0.5) is 5.82 Å². The van der Waals surface area contributed by atoms with E-state index in [-0.39, 0.29) is 0 Å². The Labute approximate surface area is 165 Å². The summed E-state index contributed by atoms with van der Waals surface area (Å²) in [6.45, 7) is 11.5. The summed E-state index contributed by atoms with van der Waals surface area (Å²) in [6, 6.07) is 8.45. The molecule has 0 atom stereocenters. The Kier molecular flexibility index (Phi) is 4.79. The molecule has 1 saturated heterocycles. The first-order valence-electron chi connectivity index (χ1n) is 9.33. The summed E-state index contributed by atoms with van der Waals surface area (Å²) in [7, 11) is 0. The number of rotatable bonds is 2. The molecule has 1 aliphatic rings. The number of morpholine rings is 1. The van der Waals surface area contributed by atoms with Crippen LogP contribution in [0.1, 0.15) is 22.5 Å². The average molecular weight is 382 g/mol. The smallest absolute Gasteiger partial charge is 0.140 e. The highest BCUT2D eigenvalue weighted by Gasteiger charge is 2.20. The van der Waals surface area contributed by atoms with Crippen LogP contribution in [0.5, 0.6) is 0 Å². The first-order chi connectivity index (χ1) is 12.9. The first-order valence-corrected chi connectivity index (χ1v) is 9.70. The molecular formula is C22H24ClN3O. The van der Waals surface area contributed by atoms with Gasteiger partial charge in [-0.1, -0.05) is 29.3 Å². The Hall–Kier alpha value is -2.17. The van der Waals surface area contributed by atoms with Crippen molar-refractivity contribution in [1.29, 1.82) is 0 Å². The van der Waals surface area contributed by atoms with E-state index >= 15 is 0 Å². The summed E-state index contributed by atoms with van der Waals surface area (Å²) >= 11 is 6.56. The maximum Gasteiger partial charge on any atom is 0.140 e. The van der Waals surface area contributed by atoms with Crippen molar-refractivity contribution >= 4 is 28.3 Å². The Bertz CT molecular complexity index is 1000. The molecule has 0 bridgehead atoms. The van der Waals surface area contributed by atoms with Crippen LogP contribution in [-0.4, -0.2) is 36.3 Å². The zero-order chi connectivity index (χ0) is 19.1. The van der Waals surface area contributed by atoms with Gasteiger partial charge in [0.2, 0.25) is 0 Å². The fourth-order valence-corrected chi connectivity index (χ4v) is 4.32. The predicted octanol–water partition coefficient (Wildman–Crippen LogP) is 5.02. The number of ether oxygens (including phenoxy) is 1. The molecule has 1 fully saturated rings. The first kappa shape index (κ1) is 18.2. The normalized spacial score (nSPS) is 14.8. The van der Waals surface area contributed by atoms with Crippen LogP contribution in [-0.2, 0) is 4.74 Å². The number of benzene rings is 2. The number of aromatic nitrogens is 2. The van der Waals surface area contributed by atoms with Crippen LogP contribution >= 0.6 is 11.6 Å². The minimum atomic E-state index is 0.707. The van der Waals surface area contributed by atoms with Crippen molar-refractivity contribution in [2.45, 2.75) is 27.7 Å². The minimum absolute atomic E-state index is 0.707. The molecule has 1 aliphatic heterocycles. The van der Waals surface area contributed by atoms with Gasteiger partial charge in [-0.3, -0.25) is 0 Å². The molecule has 0 saturated carbocycles. The van der Waals surface area contributed by atoms with Crippen molar-refractivity contribution in [3.63, 3.8) is 0 Å². The maximum absolute atomic E-state index is 6.56. The van der Waals surface area contributed by atoms with Crippen molar-refractivity contribution in [3.05, 3.63) is 51.8 Å². The molecule has 2 heterocycles. The second-order valence-electron chi connectivity index (χ2n) is 7.32. The van der Waals surface area contributed by atoms with Crippen LogP contribution in [0.15, 0.2) is 24.3 Å². The van der Waals surface area contributed by atoms with E-state index in [1.54, 1.807) is 0 Å². The Morgan fingerprint density at radius 3 is 2.26 bits per heavy atom. The monoisotopic (exact) mass is 381 g/mol. The van der Waals surface area contributed by atoms with Crippen molar-refractivity contribution in [2.24, 2.45) is 0 Å². The number of halogens is 1. The molecule has 0 N–H and O–H groups in total. The lowest BCUT2D eigenvalue weighted by Gasteiger charge is -2.29. The number of aryl methyl sites for hydroxylation is 4. The highest BCUT2D eigenvalue weighted by molar-refractivity contribution is 6.32. The Balaban J connectivity index is 2.02. The number of anilines is 1. The van der Waals surface area contributed by atoms with Gasteiger partial charge >= 0.3 is 0 Å². The number of fused-ring (bicyclic) bond motifs is 1. The van der Waals surface area contributed by atoms with Gasteiger partial charge in [0.25, 0.3) is 0 Å². The lowest BCUT2D eigenvalue weighted by Crippen LogP contribution is -2.37. The van der Waals surface area contributed by atoms with Crippen LogP contribution in [0, 0.1) is 27.7 Å². The number of hydrogen-bond donors (Lipinski definition) is 0. The standard InChI is InChI=1S/C22H24ClN3O/c1-13-9-14(2)20(15(3)10-13)18-11-17(23)12-19-21(18)24-16(4)25-22(19)26-5-7-27-8-6-26/h9-12H,5-8H2,1-4H3. The van der Waals surface area contributed by atoms with Gasteiger partial charge in [-0.15, -0.1) is 0 Å². The van der Waals surface area contributed by atoms with Gasteiger partial charge in [0.1, 0.15) is 11.6 Å². The third-order valence-electron chi connectivity index (χ3n) is 5.11. The second kappa shape index (κ2) is 7.10. The summed E-state index contributed by atoms with van der Waals surface area (Å²) in [5, 5.41) is 1.71. The van der Waals surface area contributed by atoms with E-state index in [9.17, 15) is 0 Å². The van der Waals surface area contributed by atoms with Gasteiger partial charge < -0.3 is 9.64 Å². The molecule has 0 aliphatic carbocycles. The van der Waals surface area contributed by atoms with Crippen LogP contribution in [0.3, 0.4) is 0 Å². The fourth-order valence-electron chi connectivity index (χ4n) is 4.10. The zero-order valence-electron chi connectivity index (χ0n) is 16.3. The van der Waals surface area contributed by atoms with E-state index in [1.807, 2.05) is 19.1 Å². The molecular weight excluding hydrogens is 358 g/mol. The summed E-state index contributed by atoms with van der Waals surface area (Å²) in [4.78, 5) is 11.9. The van der Waals surface area contributed by atoms with Gasteiger partial charge in [0, 0.05) is 29.1 Å². The molecule has 2 aromatic carbocycles. The van der Waals surface area contributed by atoms with Crippen molar-refractivity contribution < 1.29 is 4.74 Å². The van der Waals surface area contributed by atoms with Gasteiger partial charge in [-0.25, -0.2) is 9.97 Å². The van der Waals surface area contributed by atoms with E-state index < -0.39 is 0 Å². The summed E-state index contributed by atoms with van der Waals surface area (Å²) < 4.78 is 5.51. The fraction of sp³-hybridized carbons (Fsp3) is 0.364. The number of nitrogens with zero attached hydrogens (tertiary/aromatic N) is 3. The second-order valence-corrected chi connectivity index (χ2v) is 7.75. The van der Waals surface area contributed by atoms with E-state index in [0.29, 0.717) is 18.2 Å². The lowest BCUT2D eigenvalue weighted by molar-refractivity contribution is 0.122. The molecule has 4 nitrogen and oxygen atoms in total. The topological polar surface area (TPSA) is 38.2 Å². The highest BCUT2D eigenvalue weighted by Crippen LogP contribution is 2.38. The predicted molar refractivity (Wildman–Crippen MR) is 112 cm³/mol. The molecule has 27 heavy (non-hydrogen) atoms. The molecule has 1 aromatic heterocycles. The molecule has 0 spiro atoms. The van der Waals surface area contributed by atoms with Gasteiger partial charge in [-0.2, -0.15) is 0 Å². The molecule has 0 amide bonds. The van der Waals surface area contributed by atoms with Gasteiger partial charge in [-0.05, 0) is 56.5 Å². The Morgan fingerprint density at radius 1 is 0.926 bits per heavy atom. The summed E-state index contributed by atoms with van der Waals surface area (Å²) in [5.74, 6) is 1.72. The van der Waals surface area contributed by atoms with Crippen molar-refractivity contribution in [2.75, 3.05) is 31.2 Å². The van der Waals surface area contributed by atoms with Crippen molar-refractivity contribution in [3.8, 4) is 11.1 Å². The quantitative estimate of drug-likeness (QED) is 0.624. The third-order valence-corrected chi connectivity index (χ3v) is 5.33. The largest absolute Gasteiger partial charge is 0.378 e. The SMILES string of the molecule is Cc1cc(C)c(-c2cc(Cl)cc3c(N4CCOCC4)nc(C)nc23)c(C)c1. The summed E-state index contributed by atoms with van der Waals surface area (Å²) in [6.07, 6.45) is 0. The molecule has 0 unspecified atom stereocenters. The summed E-state index contributed by atoms with van der Waals surface area (Å²) in [5.41, 5.74) is 6.98. The van der Waals surface area contributed by atoms with Crippen LogP contribution in [0.25, 0.3) is 22.0 Å². The van der Waals surface area contributed by atoms with Crippen molar-refractivity contribution in [1.82, 2.24) is 9.97 Å². The minimum Gasteiger partial charge on any atom is -0.378 e. The molecule has 5 heteroatoms. The molecule has 0 radical (unpaired) electrons. The van der Waals surface area contributed by atoms with Gasteiger partial charge in [0.05, 0.1) is 18.7 Å². The van der Waals surface area contributed by atoms with E-state index in [4.69, 9.17) is 26.3 Å². The molecule has 3 aromatic rings.